The third kappa shape index (κ3) is 3.59. The highest BCUT2D eigenvalue weighted by Crippen LogP contribution is 2.21. The van der Waals surface area contributed by atoms with E-state index in [-0.39, 0.29) is 17.7 Å². The van der Waals surface area contributed by atoms with E-state index in [1.807, 2.05) is 24.4 Å². The number of nitrogens with zero attached hydrogens (tertiary/aromatic N) is 1. The first-order valence-electron chi connectivity index (χ1n) is 8.28. The Morgan fingerprint density at radius 3 is 3.08 bits per heavy atom. The van der Waals surface area contributed by atoms with Gasteiger partial charge in [-0.05, 0) is 18.1 Å². The summed E-state index contributed by atoms with van der Waals surface area (Å²) in [4.78, 5) is 29.3. The fourth-order valence-corrected chi connectivity index (χ4v) is 3.18. The van der Waals surface area contributed by atoms with Gasteiger partial charge in [0, 0.05) is 50.3 Å². The molecule has 3 rings (SSSR count). The predicted molar refractivity (Wildman–Crippen MR) is 91.6 cm³/mol. The quantitative estimate of drug-likeness (QED) is 0.753. The molecule has 0 aliphatic carbocycles. The lowest BCUT2D eigenvalue weighted by atomic mass is 10.1. The summed E-state index contributed by atoms with van der Waals surface area (Å²) in [5.74, 6) is -0.256. The molecule has 1 fully saturated rings. The highest BCUT2D eigenvalue weighted by molar-refractivity contribution is 5.89. The van der Waals surface area contributed by atoms with Crippen LogP contribution in [0.5, 0.6) is 0 Å². The smallest absolute Gasteiger partial charge is 0.225 e. The summed E-state index contributed by atoms with van der Waals surface area (Å²) >= 11 is 0. The van der Waals surface area contributed by atoms with Gasteiger partial charge in [0.25, 0.3) is 0 Å². The van der Waals surface area contributed by atoms with Crippen molar-refractivity contribution in [2.24, 2.45) is 5.92 Å². The van der Waals surface area contributed by atoms with E-state index in [0.29, 0.717) is 32.7 Å². The molecule has 0 bridgehead atoms. The summed E-state index contributed by atoms with van der Waals surface area (Å²) in [6, 6.07) is 8.14. The summed E-state index contributed by atoms with van der Waals surface area (Å²) in [7, 11) is 1.59. The molecule has 2 N–H and O–H groups in total. The van der Waals surface area contributed by atoms with Crippen molar-refractivity contribution < 1.29 is 14.3 Å². The highest BCUT2D eigenvalue weighted by Gasteiger charge is 2.33. The number of para-hydroxylation sites is 1. The van der Waals surface area contributed by atoms with Gasteiger partial charge in [0.05, 0.1) is 12.5 Å². The van der Waals surface area contributed by atoms with E-state index >= 15 is 0 Å². The van der Waals surface area contributed by atoms with Crippen molar-refractivity contribution in [3.63, 3.8) is 0 Å². The maximum Gasteiger partial charge on any atom is 0.225 e. The number of aromatic amines is 1. The first-order chi connectivity index (χ1) is 11.7. The number of carbonyl (C=O) groups is 2. The maximum atomic E-state index is 12.2. The predicted octanol–water partition coefficient (Wildman–Crippen LogP) is 1.32. The summed E-state index contributed by atoms with van der Waals surface area (Å²) in [5, 5.41) is 4.01. The highest BCUT2D eigenvalue weighted by atomic mass is 16.5. The van der Waals surface area contributed by atoms with Gasteiger partial charge in [0.15, 0.2) is 0 Å². The van der Waals surface area contributed by atoms with Crippen molar-refractivity contribution in [3.05, 3.63) is 36.0 Å². The minimum absolute atomic E-state index is 0.0572. The van der Waals surface area contributed by atoms with E-state index in [1.54, 1.807) is 12.0 Å². The number of hydrogen-bond acceptors (Lipinski definition) is 3. The molecule has 2 heterocycles. The van der Waals surface area contributed by atoms with Crippen molar-refractivity contribution in [2.75, 3.05) is 33.4 Å². The molecule has 2 aromatic rings. The molecule has 0 saturated carbocycles. The van der Waals surface area contributed by atoms with Crippen LogP contribution in [0.1, 0.15) is 12.0 Å². The van der Waals surface area contributed by atoms with Crippen LogP contribution in [0.15, 0.2) is 30.5 Å². The zero-order valence-electron chi connectivity index (χ0n) is 13.9. The SMILES string of the molecule is COCCNC(=O)C1CC(=O)N(CCc2c[nH]c3ccccc23)C1. The third-order valence-electron chi connectivity index (χ3n) is 4.52. The van der Waals surface area contributed by atoms with Crippen LogP contribution in [0.3, 0.4) is 0 Å². The zero-order valence-corrected chi connectivity index (χ0v) is 13.9. The van der Waals surface area contributed by atoms with Crippen LogP contribution in [0, 0.1) is 5.92 Å². The van der Waals surface area contributed by atoms with Gasteiger partial charge in [0.1, 0.15) is 0 Å². The van der Waals surface area contributed by atoms with Crippen LogP contribution >= 0.6 is 0 Å². The van der Waals surface area contributed by atoms with Gasteiger partial charge >= 0.3 is 0 Å². The maximum absolute atomic E-state index is 12.2. The van der Waals surface area contributed by atoms with E-state index in [4.69, 9.17) is 4.74 Å². The van der Waals surface area contributed by atoms with Crippen LogP contribution in [0.2, 0.25) is 0 Å². The normalized spacial score (nSPS) is 17.6. The Kier molecular flexibility index (Phi) is 5.15. The number of hydrogen-bond donors (Lipinski definition) is 2. The molecule has 1 unspecified atom stereocenters. The molecule has 6 heteroatoms. The Bertz CT molecular complexity index is 725. The lowest BCUT2D eigenvalue weighted by molar-refractivity contribution is -0.129. The number of ether oxygens (including phenoxy) is 1. The summed E-state index contributed by atoms with van der Waals surface area (Å²) in [5.41, 5.74) is 2.31. The van der Waals surface area contributed by atoms with Gasteiger partial charge in [-0.3, -0.25) is 9.59 Å². The van der Waals surface area contributed by atoms with Crippen LogP contribution in [-0.2, 0) is 20.7 Å². The molecule has 2 amide bonds. The van der Waals surface area contributed by atoms with Crippen molar-refractivity contribution in [2.45, 2.75) is 12.8 Å². The zero-order chi connectivity index (χ0) is 16.9. The van der Waals surface area contributed by atoms with Gasteiger partial charge < -0.3 is 19.9 Å². The number of aromatic nitrogens is 1. The molecule has 1 aromatic heterocycles. The number of H-pyrrole nitrogens is 1. The Labute approximate surface area is 141 Å². The first kappa shape index (κ1) is 16.5. The van der Waals surface area contributed by atoms with Crippen LogP contribution < -0.4 is 5.32 Å². The standard InChI is InChI=1S/C18H23N3O3/c1-24-9-7-19-18(23)14-10-17(22)21(12-14)8-6-13-11-20-16-5-3-2-4-15(13)16/h2-5,11,14,20H,6-10,12H2,1H3,(H,19,23). The number of methoxy groups -OCH3 is 1. The first-order valence-corrected chi connectivity index (χ1v) is 8.28. The minimum atomic E-state index is -0.252. The average molecular weight is 329 g/mol. The molecule has 128 valence electrons. The average Bonchev–Trinajstić information content (AvgIpc) is 3.17. The van der Waals surface area contributed by atoms with E-state index in [9.17, 15) is 9.59 Å². The Morgan fingerprint density at radius 1 is 1.42 bits per heavy atom. The second-order valence-electron chi connectivity index (χ2n) is 6.13. The van der Waals surface area contributed by atoms with Crippen molar-refractivity contribution in [3.8, 4) is 0 Å². The molecule has 1 saturated heterocycles. The molecule has 24 heavy (non-hydrogen) atoms. The number of carbonyl (C=O) groups excluding carboxylic acids is 2. The number of likely N-dealkylation sites (tertiary alicyclic amines) is 1. The number of nitrogens with one attached hydrogen (secondary N) is 2. The van der Waals surface area contributed by atoms with Gasteiger partial charge in [-0.1, -0.05) is 18.2 Å². The monoisotopic (exact) mass is 329 g/mol. The van der Waals surface area contributed by atoms with Crippen LogP contribution in [-0.4, -0.2) is 55.0 Å². The summed E-state index contributed by atoms with van der Waals surface area (Å²) in [6.45, 7) is 2.11. The van der Waals surface area contributed by atoms with Gasteiger partial charge in [-0.2, -0.15) is 0 Å². The van der Waals surface area contributed by atoms with Crippen LogP contribution in [0.25, 0.3) is 10.9 Å². The Hall–Kier alpha value is -2.34. The van der Waals surface area contributed by atoms with Gasteiger partial charge in [-0.15, -0.1) is 0 Å². The molecule has 1 aliphatic rings. The number of benzene rings is 1. The Morgan fingerprint density at radius 2 is 2.25 bits per heavy atom. The molecule has 0 radical (unpaired) electrons. The van der Waals surface area contributed by atoms with Crippen LogP contribution in [0.4, 0.5) is 0 Å². The number of amides is 2. The van der Waals surface area contributed by atoms with Gasteiger partial charge in [-0.25, -0.2) is 0 Å². The third-order valence-corrected chi connectivity index (χ3v) is 4.52. The topological polar surface area (TPSA) is 74.4 Å². The molecular weight excluding hydrogens is 306 g/mol. The van der Waals surface area contributed by atoms with E-state index < -0.39 is 0 Å². The van der Waals surface area contributed by atoms with Crippen molar-refractivity contribution >= 4 is 22.7 Å². The van der Waals surface area contributed by atoms with E-state index in [1.165, 1.54) is 10.9 Å². The van der Waals surface area contributed by atoms with Crippen molar-refractivity contribution in [1.29, 1.82) is 0 Å². The lowest BCUT2D eigenvalue weighted by Crippen LogP contribution is -2.35. The molecule has 0 spiro atoms. The van der Waals surface area contributed by atoms with Gasteiger partial charge in [0.2, 0.25) is 11.8 Å². The van der Waals surface area contributed by atoms with E-state index in [2.05, 4.69) is 16.4 Å². The second kappa shape index (κ2) is 7.49. The van der Waals surface area contributed by atoms with E-state index in [0.717, 1.165) is 11.9 Å². The number of rotatable bonds is 7. The fourth-order valence-electron chi connectivity index (χ4n) is 3.18. The molecule has 1 atom stereocenters. The Balaban J connectivity index is 1.54. The largest absolute Gasteiger partial charge is 0.383 e. The summed E-state index contributed by atoms with van der Waals surface area (Å²) in [6.07, 6.45) is 3.08. The fraction of sp³-hybridized carbons (Fsp3) is 0.444. The van der Waals surface area contributed by atoms with Crippen molar-refractivity contribution in [1.82, 2.24) is 15.2 Å². The molecule has 6 nitrogen and oxygen atoms in total. The lowest BCUT2D eigenvalue weighted by Gasteiger charge is -2.16. The molecule has 1 aliphatic heterocycles. The minimum Gasteiger partial charge on any atom is -0.383 e. The summed E-state index contributed by atoms with van der Waals surface area (Å²) < 4.78 is 4.92. The second-order valence-corrected chi connectivity index (χ2v) is 6.13. The number of fused-ring (bicyclic) bond motifs is 1. The molecule has 1 aromatic carbocycles. The molecular formula is C18H23N3O3.